The van der Waals surface area contributed by atoms with E-state index >= 15 is 0 Å². The molecule has 5 nitrogen and oxygen atoms in total. The van der Waals surface area contributed by atoms with E-state index in [4.69, 9.17) is 9.47 Å². The fourth-order valence-corrected chi connectivity index (χ4v) is 3.72. The third-order valence-electron chi connectivity index (χ3n) is 4.64. The molecule has 1 heterocycles. The van der Waals surface area contributed by atoms with Crippen molar-refractivity contribution in [2.24, 2.45) is 0 Å². The molecule has 2 unspecified atom stereocenters. The van der Waals surface area contributed by atoms with E-state index in [1.807, 2.05) is 13.8 Å². The lowest BCUT2D eigenvalue weighted by atomic mass is 9.96. The summed E-state index contributed by atoms with van der Waals surface area (Å²) in [5.41, 5.74) is -0.580. The number of carbonyl (C=O) groups excluding carboxylic acids is 1. The number of carbonyl (C=O) groups is 1. The number of hydrogen-bond acceptors (Lipinski definition) is 5. The third kappa shape index (κ3) is 3.76. The van der Waals surface area contributed by atoms with Gasteiger partial charge in [-0.3, -0.25) is 9.69 Å². The maximum absolute atomic E-state index is 12.4. The van der Waals surface area contributed by atoms with Gasteiger partial charge >= 0.3 is 5.97 Å². The van der Waals surface area contributed by atoms with Gasteiger partial charge in [0.15, 0.2) is 0 Å². The van der Waals surface area contributed by atoms with Crippen LogP contribution < -0.4 is 5.32 Å². The lowest BCUT2D eigenvalue weighted by Gasteiger charge is -2.41. The summed E-state index contributed by atoms with van der Waals surface area (Å²) in [5.74, 6) is -0.0816. The molecule has 0 radical (unpaired) electrons. The fraction of sp³-hybridized carbons (Fsp3) is 0.938. The molecule has 1 aliphatic carbocycles. The van der Waals surface area contributed by atoms with Gasteiger partial charge in [-0.05, 0) is 46.6 Å². The number of likely N-dealkylation sites (N-methyl/N-ethyl adjacent to an activating group) is 1. The standard InChI is InChI=1S/C16H30N2O3/c1-5-17-16(14(19)20-6-2)8-7-13(11-16)18-9-10-21-15(3,4)12-18/h13,17H,5-12H2,1-4H3. The Bertz CT molecular complexity index is 373. The summed E-state index contributed by atoms with van der Waals surface area (Å²) >= 11 is 0. The molecule has 1 aliphatic heterocycles. The van der Waals surface area contributed by atoms with Crippen LogP contribution in [0.4, 0.5) is 0 Å². The highest BCUT2D eigenvalue weighted by atomic mass is 16.5. The molecule has 0 spiro atoms. The largest absolute Gasteiger partial charge is 0.465 e. The SMILES string of the molecule is CCNC1(C(=O)OCC)CCC(N2CCOC(C)(C)C2)C1. The number of nitrogens with zero attached hydrogens (tertiary/aromatic N) is 1. The van der Waals surface area contributed by atoms with Gasteiger partial charge in [-0.25, -0.2) is 0 Å². The fourth-order valence-electron chi connectivity index (χ4n) is 3.72. The Labute approximate surface area is 128 Å². The van der Waals surface area contributed by atoms with Gasteiger partial charge in [-0.15, -0.1) is 0 Å². The Morgan fingerprint density at radius 1 is 1.43 bits per heavy atom. The van der Waals surface area contributed by atoms with Crippen molar-refractivity contribution in [2.75, 3.05) is 32.8 Å². The van der Waals surface area contributed by atoms with E-state index in [1.54, 1.807) is 0 Å². The molecule has 1 saturated carbocycles. The zero-order valence-electron chi connectivity index (χ0n) is 13.9. The molecule has 122 valence electrons. The summed E-state index contributed by atoms with van der Waals surface area (Å²) in [6.07, 6.45) is 2.75. The van der Waals surface area contributed by atoms with Gasteiger partial charge in [0.2, 0.25) is 0 Å². The van der Waals surface area contributed by atoms with Gasteiger partial charge in [0.25, 0.3) is 0 Å². The van der Waals surface area contributed by atoms with Crippen LogP contribution in [-0.4, -0.2) is 60.9 Å². The van der Waals surface area contributed by atoms with Crippen LogP contribution in [0.2, 0.25) is 0 Å². The van der Waals surface area contributed by atoms with Gasteiger partial charge in [-0.2, -0.15) is 0 Å². The minimum Gasteiger partial charge on any atom is -0.465 e. The number of hydrogen-bond donors (Lipinski definition) is 1. The van der Waals surface area contributed by atoms with E-state index in [1.165, 1.54) is 0 Å². The van der Waals surface area contributed by atoms with E-state index in [0.717, 1.165) is 45.5 Å². The molecule has 5 heteroatoms. The predicted molar refractivity (Wildman–Crippen MR) is 82.3 cm³/mol. The maximum Gasteiger partial charge on any atom is 0.326 e. The Hall–Kier alpha value is -0.650. The second-order valence-corrected chi connectivity index (χ2v) is 6.81. The molecule has 21 heavy (non-hydrogen) atoms. The van der Waals surface area contributed by atoms with E-state index < -0.39 is 5.54 Å². The minimum atomic E-state index is -0.488. The average molecular weight is 298 g/mol. The molecule has 1 saturated heterocycles. The van der Waals surface area contributed by atoms with Crippen LogP contribution in [0, 0.1) is 0 Å². The second kappa shape index (κ2) is 6.63. The summed E-state index contributed by atoms with van der Waals surface area (Å²) in [7, 11) is 0. The van der Waals surface area contributed by atoms with Crippen LogP contribution in [-0.2, 0) is 14.3 Å². The van der Waals surface area contributed by atoms with Crippen LogP contribution in [0.5, 0.6) is 0 Å². The lowest BCUT2D eigenvalue weighted by Crippen LogP contribution is -2.55. The number of morpholine rings is 1. The van der Waals surface area contributed by atoms with Gasteiger partial charge in [-0.1, -0.05) is 6.92 Å². The summed E-state index contributed by atoms with van der Waals surface area (Å²) < 4.78 is 11.1. The number of rotatable bonds is 5. The Kier molecular flexibility index (Phi) is 5.28. The third-order valence-corrected chi connectivity index (χ3v) is 4.64. The molecular weight excluding hydrogens is 268 g/mol. The normalized spacial score (nSPS) is 33.0. The summed E-state index contributed by atoms with van der Waals surface area (Å²) in [4.78, 5) is 14.9. The highest BCUT2D eigenvalue weighted by Crippen LogP contribution is 2.35. The molecule has 0 aromatic carbocycles. The first-order valence-electron chi connectivity index (χ1n) is 8.23. The maximum atomic E-state index is 12.4. The molecule has 2 fully saturated rings. The van der Waals surface area contributed by atoms with Crippen molar-refractivity contribution < 1.29 is 14.3 Å². The van der Waals surface area contributed by atoms with Crippen molar-refractivity contribution in [1.82, 2.24) is 10.2 Å². The molecule has 2 atom stereocenters. The monoisotopic (exact) mass is 298 g/mol. The van der Waals surface area contributed by atoms with Crippen LogP contribution in [0.25, 0.3) is 0 Å². The molecule has 0 amide bonds. The van der Waals surface area contributed by atoms with Gasteiger partial charge < -0.3 is 14.8 Å². The first-order chi connectivity index (χ1) is 9.92. The zero-order chi connectivity index (χ0) is 15.5. The molecule has 2 rings (SSSR count). The van der Waals surface area contributed by atoms with Crippen LogP contribution in [0.3, 0.4) is 0 Å². The molecule has 1 N–H and O–H groups in total. The van der Waals surface area contributed by atoms with Gasteiger partial charge in [0.1, 0.15) is 5.54 Å². The highest BCUT2D eigenvalue weighted by Gasteiger charge is 2.48. The van der Waals surface area contributed by atoms with Crippen molar-refractivity contribution in [3.05, 3.63) is 0 Å². The van der Waals surface area contributed by atoms with E-state index in [-0.39, 0.29) is 11.6 Å². The van der Waals surface area contributed by atoms with Crippen LogP contribution in [0.1, 0.15) is 47.0 Å². The predicted octanol–water partition coefficient (Wildman–Crippen LogP) is 1.56. The summed E-state index contributed by atoms with van der Waals surface area (Å²) in [5, 5.41) is 3.40. The topological polar surface area (TPSA) is 50.8 Å². The number of nitrogens with one attached hydrogen (secondary N) is 1. The number of ether oxygens (including phenoxy) is 2. The van der Waals surface area contributed by atoms with Crippen molar-refractivity contribution >= 4 is 5.97 Å². The number of esters is 1. The van der Waals surface area contributed by atoms with Gasteiger partial charge in [0.05, 0.1) is 18.8 Å². The van der Waals surface area contributed by atoms with Crippen molar-refractivity contribution in [3.8, 4) is 0 Å². The van der Waals surface area contributed by atoms with E-state index in [0.29, 0.717) is 12.6 Å². The zero-order valence-corrected chi connectivity index (χ0v) is 13.9. The van der Waals surface area contributed by atoms with Crippen molar-refractivity contribution in [1.29, 1.82) is 0 Å². The van der Waals surface area contributed by atoms with E-state index in [2.05, 4.69) is 24.1 Å². The first kappa shape index (κ1) is 16.7. The lowest BCUT2D eigenvalue weighted by molar-refractivity contribution is -0.151. The smallest absolute Gasteiger partial charge is 0.326 e. The van der Waals surface area contributed by atoms with Gasteiger partial charge in [0, 0.05) is 19.1 Å². The Balaban J connectivity index is 2.04. The molecule has 0 bridgehead atoms. The van der Waals surface area contributed by atoms with Crippen LogP contribution >= 0.6 is 0 Å². The first-order valence-corrected chi connectivity index (χ1v) is 8.23. The summed E-state index contributed by atoms with van der Waals surface area (Å²) in [6.45, 7) is 12.1. The van der Waals surface area contributed by atoms with Crippen molar-refractivity contribution in [2.45, 2.75) is 64.1 Å². The Morgan fingerprint density at radius 3 is 2.81 bits per heavy atom. The summed E-state index contributed by atoms with van der Waals surface area (Å²) in [6, 6.07) is 0.441. The molecule has 0 aromatic heterocycles. The van der Waals surface area contributed by atoms with Crippen molar-refractivity contribution in [3.63, 3.8) is 0 Å². The molecular formula is C16H30N2O3. The molecule has 2 aliphatic rings. The quantitative estimate of drug-likeness (QED) is 0.781. The average Bonchev–Trinajstić information content (AvgIpc) is 2.84. The van der Waals surface area contributed by atoms with E-state index in [9.17, 15) is 4.79 Å². The highest BCUT2D eigenvalue weighted by molar-refractivity contribution is 5.81. The van der Waals surface area contributed by atoms with Crippen LogP contribution in [0.15, 0.2) is 0 Å². The minimum absolute atomic E-state index is 0.0816. The second-order valence-electron chi connectivity index (χ2n) is 6.81. The Morgan fingerprint density at radius 2 is 2.19 bits per heavy atom. The molecule has 0 aromatic rings.